The molecule has 1 heterocycles. The average molecular weight is 505 g/mol. The molecule has 9 nitrogen and oxygen atoms in total. The Kier molecular flexibility index (Phi) is 7.89. The molecular weight excluding hydrogens is 480 g/mol. The third kappa shape index (κ3) is 6.65. The maximum Gasteiger partial charge on any atom is 0.324 e. The van der Waals surface area contributed by atoms with E-state index in [0.29, 0.717) is 16.9 Å². The van der Waals surface area contributed by atoms with Crippen molar-refractivity contribution < 1.29 is 22.7 Å². The molecule has 0 aliphatic carbocycles. The maximum atomic E-state index is 13.1. The van der Waals surface area contributed by atoms with E-state index in [9.17, 15) is 18.0 Å². The van der Waals surface area contributed by atoms with Gasteiger partial charge in [-0.1, -0.05) is 48.5 Å². The Labute approximate surface area is 208 Å². The SMILES string of the molecule is O=C(Nc1ccc(S(=O)(=O)N[C@H](Cc2cnc[nH]2)C(=O)OCc2ccccc2)cc1)c1ccccc1. The van der Waals surface area contributed by atoms with Crippen molar-refractivity contribution in [3.8, 4) is 0 Å². The Morgan fingerprint density at radius 3 is 2.22 bits per heavy atom. The number of ether oxygens (including phenoxy) is 1. The van der Waals surface area contributed by atoms with Crippen LogP contribution >= 0.6 is 0 Å². The van der Waals surface area contributed by atoms with E-state index in [1.807, 2.05) is 18.2 Å². The molecular formula is C26H24N4O5S. The van der Waals surface area contributed by atoms with Crippen molar-refractivity contribution >= 4 is 27.6 Å². The van der Waals surface area contributed by atoms with Crippen molar-refractivity contribution in [3.05, 3.63) is 114 Å². The van der Waals surface area contributed by atoms with E-state index >= 15 is 0 Å². The molecule has 0 bridgehead atoms. The number of hydrogen-bond acceptors (Lipinski definition) is 6. The highest BCUT2D eigenvalue weighted by molar-refractivity contribution is 7.89. The van der Waals surface area contributed by atoms with Gasteiger partial charge in [0.2, 0.25) is 10.0 Å². The molecule has 0 saturated carbocycles. The first-order chi connectivity index (χ1) is 17.4. The number of nitrogens with zero attached hydrogens (tertiary/aromatic N) is 1. The van der Waals surface area contributed by atoms with Crippen molar-refractivity contribution in [2.45, 2.75) is 24.0 Å². The van der Waals surface area contributed by atoms with E-state index in [1.165, 1.54) is 36.8 Å². The Morgan fingerprint density at radius 1 is 0.917 bits per heavy atom. The minimum Gasteiger partial charge on any atom is -0.460 e. The van der Waals surface area contributed by atoms with Crippen molar-refractivity contribution in [1.29, 1.82) is 0 Å². The first-order valence-corrected chi connectivity index (χ1v) is 12.6. The standard InChI is InChI=1S/C26H24N4O5S/c31-25(20-9-5-2-6-10-20)29-21-11-13-23(14-12-21)36(33,34)30-24(15-22-16-27-18-28-22)26(32)35-17-19-7-3-1-4-8-19/h1-14,16,18,24,30H,15,17H2,(H,27,28)(H,29,31)/t24-/m1/s1. The summed E-state index contributed by atoms with van der Waals surface area (Å²) in [7, 11) is -4.09. The van der Waals surface area contributed by atoms with Gasteiger partial charge in [-0.15, -0.1) is 0 Å². The van der Waals surface area contributed by atoms with Gasteiger partial charge in [0.1, 0.15) is 12.6 Å². The number of nitrogens with one attached hydrogen (secondary N) is 3. The van der Waals surface area contributed by atoms with E-state index in [2.05, 4.69) is 20.0 Å². The molecule has 10 heteroatoms. The van der Waals surface area contributed by atoms with Crippen LogP contribution in [0.15, 0.2) is 102 Å². The number of amides is 1. The van der Waals surface area contributed by atoms with Gasteiger partial charge >= 0.3 is 5.97 Å². The molecule has 184 valence electrons. The lowest BCUT2D eigenvalue weighted by atomic mass is 10.2. The van der Waals surface area contributed by atoms with Gasteiger partial charge in [-0.2, -0.15) is 4.72 Å². The summed E-state index contributed by atoms with van der Waals surface area (Å²) in [5.74, 6) is -1.03. The number of aromatic nitrogens is 2. The maximum absolute atomic E-state index is 13.1. The van der Waals surface area contributed by atoms with Crippen LogP contribution in [0.1, 0.15) is 21.6 Å². The van der Waals surface area contributed by atoms with Gasteiger partial charge in [0, 0.05) is 29.6 Å². The van der Waals surface area contributed by atoms with Crippen molar-refractivity contribution in [1.82, 2.24) is 14.7 Å². The summed E-state index contributed by atoms with van der Waals surface area (Å²) < 4.78 is 34.0. The van der Waals surface area contributed by atoms with Crippen LogP contribution < -0.4 is 10.0 Å². The van der Waals surface area contributed by atoms with Gasteiger partial charge in [0.15, 0.2) is 0 Å². The minimum absolute atomic E-state index is 0.0106. The van der Waals surface area contributed by atoms with Gasteiger partial charge < -0.3 is 15.0 Å². The van der Waals surface area contributed by atoms with E-state index in [-0.39, 0.29) is 23.8 Å². The zero-order valence-electron chi connectivity index (χ0n) is 19.1. The monoisotopic (exact) mass is 504 g/mol. The predicted octanol–water partition coefficient (Wildman–Crippen LogP) is 3.30. The van der Waals surface area contributed by atoms with Crippen molar-refractivity contribution in [3.63, 3.8) is 0 Å². The predicted molar refractivity (Wildman–Crippen MR) is 133 cm³/mol. The molecule has 4 rings (SSSR count). The number of hydrogen-bond donors (Lipinski definition) is 3. The van der Waals surface area contributed by atoms with Crippen LogP contribution in [0.4, 0.5) is 5.69 Å². The Morgan fingerprint density at radius 2 is 1.58 bits per heavy atom. The summed E-state index contributed by atoms with van der Waals surface area (Å²) in [6.45, 7) is 0.0106. The van der Waals surface area contributed by atoms with Gasteiger partial charge in [-0.3, -0.25) is 9.59 Å². The van der Waals surface area contributed by atoms with E-state index in [4.69, 9.17) is 4.74 Å². The Hall–Kier alpha value is -4.28. The number of H-pyrrole nitrogens is 1. The van der Waals surface area contributed by atoms with Crippen molar-refractivity contribution in [2.24, 2.45) is 0 Å². The molecule has 1 atom stereocenters. The molecule has 0 saturated heterocycles. The van der Waals surface area contributed by atoms with Crippen LogP contribution in [0.2, 0.25) is 0 Å². The van der Waals surface area contributed by atoms with E-state index in [0.717, 1.165) is 5.56 Å². The molecule has 0 spiro atoms. The van der Waals surface area contributed by atoms with Crippen molar-refractivity contribution in [2.75, 3.05) is 5.32 Å². The second-order valence-electron chi connectivity index (χ2n) is 7.89. The molecule has 0 fully saturated rings. The highest BCUT2D eigenvalue weighted by Gasteiger charge is 2.28. The number of imidazole rings is 1. The van der Waals surface area contributed by atoms with Gasteiger partial charge in [-0.25, -0.2) is 13.4 Å². The van der Waals surface area contributed by atoms with Gasteiger partial charge in [0.25, 0.3) is 5.91 Å². The van der Waals surface area contributed by atoms with Crippen LogP contribution in [0.3, 0.4) is 0 Å². The van der Waals surface area contributed by atoms with Gasteiger partial charge in [-0.05, 0) is 42.0 Å². The summed E-state index contributed by atoms with van der Waals surface area (Å²) in [6, 6.07) is 22.2. The number of aromatic amines is 1. The largest absolute Gasteiger partial charge is 0.460 e. The molecule has 0 aliphatic rings. The van der Waals surface area contributed by atoms with Crippen LogP contribution in [-0.2, 0) is 32.6 Å². The first-order valence-electron chi connectivity index (χ1n) is 11.1. The van der Waals surface area contributed by atoms with Crippen LogP contribution in [0.5, 0.6) is 0 Å². The highest BCUT2D eigenvalue weighted by atomic mass is 32.2. The zero-order chi connectivity index (χ0) is 25.4. The van der Waals surface area contributed by atoms with Crippen LogP contribution in [0, 0.1) is 0 Å². The molecule has 0 aliphatic heterocycles. The number of esters is 1. The number of sulfonamides is 1. The zero-order valence-corrected chi connectivity index (χ0v) is 19.9. The topological polar surface area (TPSA) is 130 Å². The molecule has 0 unspecified atom stereocenters. The third-order valence-corrected chi connectivity index (χ3v) is 6.73. The number of rotatable bonds is 10. The van der Waals surface area contributed by atoms with E-state index < -0.39 is 22.0 Å². The minimum atomic E-state index is -4.09. The molecule has 3 N–H and O–H groups in total. The summed E-state index contributed by atoms with van der Waals surface area (Å²) in [6.07, 6.45) is 2.98. The molecule has 1 aromatic heterocycles. The number of carbonyl (C=O) groups is 2. The number of anilines is 1. The Balaban J connectivity index is 1.45. The third-order valence-electron chi connectivity index (χ3n) is 5.24. The molecule has 0 radical (unpaired) electrons. The molecule has 1 amide bonds. The second kappa shape index (κ2) is 11.4. The van der Waals surface area contributed by atoms with E-state index in [1.54, 1.807) is 42.5 Å². The van der Waals surface area contributed by atoms with Crippen LogP contribution in [-0.4, -0.2) is 36.3 Å². The smallest absolute Gasteiger partial charge is 0.324 e. The lowest BCUT2D eigenvalue weighted by Crippen LogP contribution is -2.43. The highest BCUT2D eigenvalue weighted by Crippen LogP contribution is 2.17. The summed E-state index contributed by atoms with van der Waals surface area (Å²) >= 11 is 0. The van der Waals surface area contributed by atoms with Gasteiger partial charge in [0.05, 0.1) is 11.2 Å². The lowest BCUT2D eigenvalue weighted by Gasteiger charge is -2.17. The summed E-state index contributed by atoms with van der Waals surface area (Å²) in [5, 5.41) is 2.72. The fourth-order valence-electron chi connectivity index (χ4n) is 3.38. The lowest BCUT2D eigenvalue weighted by molar-refractivity contribution is -0.147. The molecule has 36 heavy (non-hydrogen) atoms. The fourth-order valence-corrected chi connectivity index (χ4v) is 4.57. The first kappa shape index (κ1) is 24.8. The normalized spacial score (nSPS) is 12.0. The summed E-state index contributed by atoms with van der Waals surface area (Å²) in [4.78, 5) is 31.9. The fraction of sp³-hybridized carbons (Fsp3) is 0.115. The molecule has 3 aromatic carbocycles. The Bertz CT molecular complexity index is 1390. The quantitative estimate of drug-likeness (QED) is 0.284. The van der Waals surface area contributed by atoms with Crippen LogP contribution in [0.25, 0.3) is 0 Å². The number of benzene rings is 3. The summed E-state index contributed by atoms with van der Waals surface area (Å²) in [5.41, 5.74) is 2.26. The second-order valence-corrected chi connectivity index (χ2v) is 9.61. The number of carbonyl (C=O) groups excluding carboxylic acids is 2. The average Bonchev–Trinajstić information content (AvgIpc) is 3.41. The molecule has 4 aromatic rings.